The van der Waals surface area contributed by atoms with Crippen molar-refractivity contribution in [3.8, 4) is 11.4 Å². The standard InChI is InChI=1S/C20H18ClN3O5S/c1-12-2-9-16(30(26,27)24-15-7-8-15)10-17(12)20(25)28-11-18-22-19(23-29-18)13-3-5-14(21)6-4-13/h2-6,9-10,15,24H,7-8,11H2,1H3. The van der Waals surface area contributed by atoms with Crippen molar-refractivity contribution in [2.24, 2.45) is 0 Å². The number of esters is 1. The van der Waals surface area contributed by atoms with Crippen LogP contribution in [0.2, 0.25) is 5.02 Å². The van der Waals surface area contributed by atoms with Gasteiger partial charge in [0.05, 0.1) is 10.5 Å². The van der Waals surface area contributed by atoms with Crippen molar-refractivity contribution < 1.29 is 22.5 Å². The largest absolute Gasteiger partial charge is 0.452 e. The predicted molar refractivity (Wildman–Crippen MR) is 108 cm³/mol. The van der Waals surface area contributed by atoms with Crippen LogP contribution in [0.1, 0.15) is 34.7 Å². The van der Waals surface area contributed by atoms with E-state index < -0.39 is 16.0 Å². The molecule has 0 atom stereocenters. The number of hydrogen-bond donors (Lipinski definition) is 1. The highest BCUT2D eigenvalue weighted by atomic mass is 35.5. The number of carbonyl (C=O) groups is 1. The molecule has 10 heteroatoms. The van der Waals surface area contributed by atoms with Crippen LogP contribution >= 0.6 is 11.6 Å². The maximum absolute atomic E-state index is 12.5. The molecule has 1 heterocycles. The van der Waals surface area contributed by atoms with Gasteiger partial charge in [-0.2, -0.15) is 4.98 Å². The van der Waals surface area contributed by atoms with E-state index in [1.165, 1.54) is 12.1 Å². The molecule has 1 N–H and O–H groups in total. The monoisotopic (exact) mass is 447 g/mol. The van der Waals surface area contributed by atoms with Crippen molar-refractivity contribution in [3.63, 3.8) is 0 Å². The molecule has 30 heavy (non-hydrogen) atoms. The number of ether oxygens (including phenoxy) is 1. The molecule has 1 saturated carbocycles. The zero-order valence-corrected chi connectivity index (χ0v) is 17.5. The number of carbonyl (C=O) groups excluding carboxylic acids is 1. The molecule has 0 saturated heterocycles. The van der Waals surface area contributed by atoms with Crippen molar-refractivity contribution >= 4 is 27.6 Å². The zero-order valence-electron chi connectivity index (χ0n) is 16.0. The Morgan fingerprint density at radius 3 is 2.67 bits per heavy atom. The quantitative estimate of drug-likeness (QED) is 0.551. The summed E-state index contributed by atoms with van der Waals surface area (Å²) in [5.74, 6) is -0.222. The third-order valence-electron chi connectivity index (χ3n) is 4.54. The molecule has 156 valence electrons. The summed E-state index contributed by atoms with van der Waals surface area (Å²) in [6.45, 7) is 1.46. The minimum Gasteiger partial charge on any atom is -0.452 e. The highest BCUT2D eigenvalue weighted by molar-refractivity contribution is 7.89. The molecule has 1 fully saturated rings. The minimum atomic E-state index is -3.68. The molecule has 1 aliphatic carbocycles. The first-order valence-corrected chi connectivity index (χ1v) is 11.1. The molecule has 0 bridgehead atoms. The highest BCUT2D eigenvalue weighted by Crippen LogP contribution is 2.24. The lowest BCUT2D eigenvalue weighted by Crippen LogP contribution is -2.26. The van der Waals surface area contributed by atoms with Gasteiger partial charge in [0, 0.05) is 16.6 Å². The Bertz CT molecular complexity index is 1190. The molecular formula is C20H18ClN3O5S. The van der Waals surface area contributed by atoms with Gasteiger partial charge in [-0.1, -0.05) is 22.8 Å². The summed E-state index contributed by atoms with van der Waals surface area (Å²) in [6, 6.07) is 11.2. The number of hydrogen-bond acceptors (Lipinski definition) is 7. The van der Waals surface area contributed by atoms with Crippen molar-refractivity contribution in [2.75, 3.05) is 0 Å². The second kappa shape index (κ2) is 8.17. The van der Waals surface area contributed by atoms with Gasteiger partial charge >= 0.3 is 5.97 Å². The van der Waals surface area contributed by atoms with Gasteiger partial charge in [-0.25, -0.2) is 17.9 Å². The number of halogens is 1. The fraction of sp³-hybridized carbons (Fsp3) is 0.250. The molecule has 4 rings (SSSR count). The molecule has 0 amide bonds. The number of aromatic nitrogens is 2. The van der Waals surface area contributed by atoms with Crippen LogP contribution in [0, 0.1) is 6.92 Å². The molecule has 2 aromatic carbocycles. The van der Waals surface area contributed by atoms with Crippen LogP contribution in [-0.4, -0.2) is 30.6 Å². The van der Waals surface area contributed by atoms with E-state index in [1.54, 1.807) is 37.3 Å². The molecule has 0 aliphatic heterocycles. The molecule has 0 radical (unpaired) electrons. The summed E-state index contributed by atoms with van der Waals surface area (Å²) >= 11 is 5.86. The summed E-state index contributed by atoms with van der Waals surface area (Å²) in [5, 5.41) is 4.44. The van der Waals surface area contributed by atoms with Crippen LogP contribution in [0.5, 0.6) is 0 Å². The van der Waals surface area contributed by atoms with E-state index in [0.717, 1.165) is 12.8 Å². The third kappa shape index (κ3) is 4.69. The molecule has 3 aromatic rings. The van der Waals surface area contributed by atoms with E-state index in [0.29, 0.717) is 22.0 Å². The number of nitrogens with zero attached hydrogens (tertiary/aromatic N) is 2. The molecular weight excluding hydrogens is 430 g/mol. The Hall–Kier alpha value is -2.75. The first-order valence-electron chi connectivity index (χ1n) is 9.20. The number of sulfonamides is 1. The molecule has 8 nitrogen and oxygen atoms in total. The van der Waals surface area contributed by atoms with E-state index in [-0.39, 0.29) is 29.0 Å². The van der Waals surface area contributed by atoms with Gasteiger partial charge in [0.2, 0.25) is 15.8 Å². The summed E-state index contributed by atoms with van der Waals surface area (Å²) in [6.07, 6.45) is 1.64. The fourth-order valence-electron chi connectivity index (χ4n) is 2.71. The van der Waals surface area contributed by atoms with Crippen LogP contribution in [-0.2, 0) is 21.4 Å². The fourth-order valence-corrected chi connectivity index (χ4v) is 4.17. The normalized spacial score (nSPS) is 13.9. The van der Waals surface area contributed by atoms with Gasteiger partial charge in [0.25, 0.3) is 5.89 Å². The number of benzene rings is 2. The lowest BCUT2D eigenvalue weighted by molar-refractivity contribution is 0.0428. The molecule has 0 spiro atoms. The first-order chi connectivity index (χ1) is 14.3. The maximum atomic E-state index is 12.5. The summed E-state index contributed by atoms with van der Waals surface area (Å²) in [5.41, 5.74) is 1.46. The van der Waals surface area contributed by atoms with Crippen molar-refractivity contribution in [1.82, 2.24) is 14.9 Å². The summed E-state index contributed by atoms with van der Waals surface area (Å²) in [7, 11) is -3.68. The Labute approximate surface area is 178 Å². The van der Waals surface area contributed by atoms with Gasteiger partial charge in [-0.15, -0.1) is 0 Å². The van der Waals surface area contributed by atoms with Gasteiger partial charge in [-0.05, 0) is 61.7 Å². The van der Waals surface area contributed by atoms with E-state index in [2.05, 4.69) is 14.9 Å². The highest BCUT2D eigenvalue weighted by Gasteiger charge is 2.28. The second-order valence-electron chi connectivity index (χ2n) is 6.97. The van der Waals surface area contributed by atoms with E-state index in [9.17, 15) is 13.2 Å². The Morgan fingerprint density at radius 1 is 1.23 bits per heavy atom. The van der Waals surface area contributed by atoms with Crippen LogP contribution < -0.4 is 4.72 Å². The number of nitrogens with one attached hydrogen (secondary N) is 1. The van der Waals surface area contributed by atoms with Gasteiger partial charge in [0.1, 0.15) is 0 Å². The van der Waals surface area contributed by atoms with Crippen molar-refractivity contribution in [2.45, 2.75) is 37.3 Å². The van der Waals surface area contributed by atoms with Crippen LogP contribution in [0.15, 0.2) is 51.9 Å². The van der Waals surface area contributed by atoms with Crippen molar-refractivity contribution in [1.29, 1.82) is 0 Å². The zero-order chi connectivity index (χ0) is 21.3. The van der Waals surface area contributed by atoms with E-state index in [1.807, 2.05) is 0 Å². The SMILES string of the molecule is Cc1ccc(S(=O)(=O)NC2CC2)cc1C(=O)OCc1nc(-c2ccc(Cl)cc2)no1. The Balaban J connectivity index is 1.45. The van der Waals surface area contributed by atoms with Gasteiger partial charge in [0.15, 0.2) is 6.61 Å². The smallest absolute Gasteiger partial charge is 0.338 e. The Kier molecular flexibility index (Phi) is 5.59. The predicted octanol–water partition coefficient (Wildman–Crippen LogP) is 3.50. The summed E-state index contributed by atoms with van der Waals surface area (Å²) < 4.78 is 37.8. The third-order valence-corrected chi connectivity index (χ3v) is 6.31. The van der Waals surface area contributed by atoms with E-state index in [4.69, 9.17) is 20.9 Å². The molecule has 0 unspecified atom stereocenters. The number of rotatable bonds is 7. The summed E-state index contributed by atoms with van der Waals surface area (Å²) in [4.78, 5) is 16.7. The lowest BCUT2D eigenvalue weighted by Gasteiger charge is -2.09. The Morgan fingerprint density at radius 2 is 1.97 bits per heavy atom. The van der Waals surface area contributed by atoms with Gasteiger partial charge < -0.3 is 9.26 Å². The second-order valence-corrected chi connectivity index (χ2v) is 9.12. The van der Waals surface area contributed by atoms with Crippen molar-refractivity contribution in [3.05, 3.63) is 64.5 Å². The van der Waals surface area contributed by atoms with Crippen LogP contribution in [0.4, 0.5) is 0 Å². The van der Waals surface area contributed by atoms with Gasteiger partial charge in [-0.3, -0.25) is 0 Å². The van der Waals surface area contributed by atoms with E-state index >= 15 is 0 Å². The average Bonchev–Trinajstić information content (AvgIpc) is 3.39. The van der Waals surface area contributed by atoms with Crippen LogP contribution in [0.3, 0.4) is 0 Å². The van der Waals surface area contributed by atoms with Crippen LogP contribution in [0.25, 0.3) is 11.4 Å². The minimum absolute atomic E-state index is 0.0229. The molecule has 1 aromatic heterocycles. The molecule has 1 aliphatic rings. The maximum Gasteiger partial charge on any atom is 0.338 e. The topological polar surface area (TPSA) is 111 Å². The number of aryl methyl sites for hydroxylation is 1. The lowest BCUT2D eigenvalue weighted by atomic mass is 10.1. The average molecular weight is 448 g/mol. The first kappa shape index (κ1) is 20.5.